The van der Waals surface area contributed by atoms with Crippen LogP contribution in [0.1, 0.15) is 39.5 Å². The van der Waals surface area contributed by atoms with Crippen LogP contribution in [0, 0.1) is 0 Å². The Morgan fingerprint density at radius 1 is 1.20 bits per heavy atom. The topological polar surface area (TPSA) is 27.7 Å². The molecule has 2 fully saturated rings. The molecule has 20 heavy (non-hydrogen) atoms. The number of likely N-dealkylation sites (N-methyl/N-ethyl adjacent to an activating group) is 1. The number of hydrogen-bond donors (Lipinski definition) is 1. The molecule has 0 aromatic rings. The van der Waals surface area contributed by atoms with Gasteiger partial charge >= 0.3 is 0 Å². The molecule has 118 valence electrons. The lowest BCUT2D eigenvalue weighted by molar-refractivity contribution is 0.0166. The molecule has 2 saturated heterocycles. The number of rotatable bonds is 6. The van der Waals surface area contributed by atoms with Gasteiger partial charge in [-0.05, 0) is 59.3 Å². The summed E-state index contributed by atoms with van der Waals surface area (Å²) in [5, 5.41) is 3.48. The molecule has 2 heterocycles. The second-order valence-corrected chi connectivity index (χ2v) is 6.62. The molecule has 0 bridgehead atoms. The molecule has 2 aliphatic rings. The molecule has 0 radical (unpaired) electrons. The Morgan fingerprint density at radius 3 is 2.80 bits per heavy atom. The number of ether oxygens (including phenoxy) is 1. The Kier molecular flexibility index (Phi) is 6.75. The molecular weight excluding hydrogens is 250 g/mol. The van der Waals surface area contributed by atoms with E-state index in [1.54, 1.807) is 0 Å². The second kappa shape index (κ2) is 8.32. The maximum Gasteiger partial charge on any atom is 0.0707 e. The quantitative estimate of drug-likeness (QED) is 0.749. The first kappa shape index (κ1) is 16.2. The molecule has 2 rings (SSSR count). The highest BCUT2D eigenvalue weighted by atomic mass is 16.5. The molecule has 4 heteroatoms. The summed E-state index contributed by atoms with van der Waals surface area (Å²) in [6.45, 7) is 11.5. The smallest absolute Gasteiger partial charge is 0.0707 e. The minimum absolute atomic E-state index is 0.441. The zero-order valence-corrected chi connectivity index (χ0v) is 13.6. The monoisotopic (exact) mass is 283 g/mol. The van der Waals surface area contributed by atoms with E-state index in [0.717, 1.165) is 19.6 Å². The fourth-order valence-electron chi connectivity index (χ4n) is 3.46. The maximum absolute atomic E-state index is 6.21. The van der Waals surface area contributed by atoms with E-state index < -0.39 is 0 Å². The van der Waals surface area contributed by atoms with Gasteiger partial charge in [-0.3, -0.25) is 4.90 Å². The van der Waals surface area contributed by atoms with Gasteiger partial charge in [-0.1, -0.05) is 6.92 Å². The third kappa shape index (κ3) is 4.99. The summed E-state index contributed by atoms with van der Waals surface area (Å²) >= 11 is 0. The Labute approximate surface area is 124 Å². The average Bonchev–Trinajstić information content (AvgIpc) is 2.78. The first-order chi connectivity index (χ1) is 9.69. The van der Waals surface area contributed by atoms with E-state index in [1.807, 2.05) is 0 Å². The zero-order chi connectivity index (χ0) is 14.4. The van der Waals surface area contributed by atoms with E-state index in [1.165, 1.54) is 45.3 Å². The van der Waals surface area contributed by atoms with Gasteiger partial charge in [-0.2, -0.15) is 0 Å². The fraction of sp³-hybridized carbons (Fsp3) is 1.00. The average molecular weight is 283 g/mol. The lowest BCUT2D eigenvalue weighted by Crippen LogP contribution is -2.42. The van der Waals surface area contributed by atoms with Gasteiger partial charge in [0.1, 0.15) is 0 Å². The Balaban J connectivity index is 1.71. The van der Waals surface area contributed by atoms with Gasteiger partial charge in [-0.15, -0.1) is 0 Å². The molecule has 2 aliphatic heterocycles. The molecule has 0 aromatic heterocycles. The highest BCUT2D eigenvalue weighted by Gasteiger charge is 2.29. The lowest BCUT2D eigenvalue weighted by atomic mass is 10.1. The van der Waals surface area contributed by atoms with Crippen molar-refractivity contribution in [1.29, 1.82) is 0 Å². The summed E-state index contributed by atoms with van der Waals surface area (Å²) in [7, 11) is 2.24. The van der Waals surface area contributed by atoms with Crippen molar-refractivity contribution in [2.75, 3.05) is 46.3 Å². The third-order valence-corrected chi connectivity index (χ3v) is 4.62. The van der Waals surface area contributed by atoms with Crippen molar-refractivity contribution < 1.29 is 4.74 Å². The predicted molar refractivity (Wildman–Crippen MR) is 84.2 cm³/mol. The highest BCUT2D eigenvalue weighted by Crippen LogP contribution is 2.21. The van der Waals surface area contributed by atoms with E-state index in [9.17, 15) is 0 Å². The highest BCUT2D eigenvalue weighted by molar-refractivity contribution is 4.82. The van der Waals surface area contributed by atoms with Crippen LogP contribution < -0.4 is 5.32 Å². The van der Waals surface area contributed by atoms with Gasteiger partial charge in [0.25, 0.3) is 0 Å². The van der Waals surface area contributed by atoms with Crippen molar-refractivity contribution in [3.05, 3.63) is 0 Å². The Bertz CT molecular complexity index is 274. The second-order valence-electron chi connectivity index (χ2n) is 6.62. The molecule has 0 saturated carbocycles. The standard InChI is InChI=1S/C16H33N3O/c1-4-8-17-11-15-6-7-16(20-15)13-19-10-5-9-18(3)12-14(19)2/h14-17H,4-13H2,1-3H3. The Morgan fingerprint density at radius 2 is 2.00 bits per heavy atom. The van der Waals surface area contributed by atoms with Crippen LogP contribution >= 0.6 is 0 Å². The predicted octanol–water partition coefficient (Wildman–Crippen LogP) is 1.56. The first-order valence-electron chi connectivity index (χ1n) is 8.47. The van der Waals surface area contributed by atoms with Crippen LogP contribution in [-0.4, -0.2) is 74.4 Å². The molecule has 0 amide bonds. The molecule has 0 aromatic carbocycles. The normalized spacial score (nSPS) is 33.5. The van der Waals surface area contributed by atoms with Gasteiger partial charge in [0.2, 0.25) is 0 Å². The van der Waals surface area contributed by atoms with Gasteiger partial charge in [0.15, 0.2) is 0 Å². The van der Waals surface area contributed by atoms with Crippen molar-refractivity contribution in [1.82, 2.24) is 15.1 Å². The summed E-state index contributed by atoms with van der Waals surface area (Å²) in [4.78, 5) is 5.09. The lowest BCUT2D eigenvalue weighted by Gasteiger charge is -2.30. The van der Waals surface area contributed by atoms with E-state index in [4.69, 9.17) is 4.74 Å². The fourth-order valence-corrected chi connectivity index (χ4v) is 3.46. The summed E-state index contributed by atoms with van der Waals surface area (Å²) in [6.07, 6.45) is 5.84. The SMILES string of the molecule is CCCNCC1CCC(CN2CCCN(C)CC2C)O1. The molecule has 3 unspecified atom stereocenters. The molecule has 4 nitrogen and oxygen atoms in total. The molecule has 1 N–H and O–H groups in total. The molecular formula is C16H33N3O. The molecule has 0 spiro atoms. The summed E-state index contributed by atoms with van der Waals surface area (Å²) in [5.41, 5.74) is 0. The van der Waals surface area contributed by atoms with Gasteiger partial charge in [-0.25, -0.2) is 0 Å². The van der Waals surface area contributed by atoms with E-state index in [-0.39, 0.29) is 0 Å². The number of nitrogens with zero attached hydrogens (tertiary/aromatic N) is 2. The van der Waals surface area contributed by atoms with Gasteiger partial charge in [0.05, 0.1) is 12.2 Å². The van der Waals surface area contributed by atoms with Crippen LogP contribution in [0.15, 0.2) is 0 Å². The minimum atomic E-state index is 0.441. The van der Waals surface area contributed by atoms with Crippen LogP contribution in [0.4, 0.5) is 0 Å². The maximum atomic E-state index is 6.21. The largest absolute Gasteiger partial charge is 0.372 e. The van der Waals surface area contributed by atoms with Crippen molar-refractivity contribution >= 4 is 0 Å². The van der Waals surface area contributed by atoms with Crippen molar-refractivity contribution in [3.63, 3.8) is 0 Å². The van der Waals surface area contributed by atoms with Crippen LogP contribution in [0.2, 0.25) is 0 Å². The van der Waals surface area contributed by atoms with Crippen molar-refractivity contribution in [3.8, 4) is 0 Å². The van der Waals surface area contributed by atoms with Gasteiger partial charge in [0, 0.05) is 25.7 Å². The van der Waals surface area contributed by atoms with Crippen LogP contribution in [0.5, 0.6) is 0 Å². The number of nitrogens with one attached hydrogen (secondary N) is 1. The van der Waals surface area contributed by atoms with Crippen LogP contribution in [0.3, 0.4) is 0 Å². The van der Waals surface area contributed by atoms with Crippen molar-refractivity contribution in [2.24, 2.45) is 0 Å². The van der Waals surface area contributed by atoms with Gasteiger partial charge < -0.3 is 15.0 Å². The van der Waals surface area contributed by atoms with Crippen LogP contribution in [-0.2, 0) is 4.74 Å². The van der Waals surface area contributed by atoms with E-state index in [2.05, 4.69) is 36.0 Å². The molecule has 3 atom stereocenters. The van der Waals surface area contributed by atoms with Crippen molar-refractivity contribution in [2.45, 2.75) is 57.8 Å². The molecule has 0 aliphatic carbocycles. The summed E-state index contributed by atoms with van der Waals surface area (Å²) in [5.74, 6) is 0. The van der Waals surface area contributed by atoms with Crippen LogP contribution in [0.25, 0.3) is 0 Å². The summed E-state index contributed by atoms with van der Waals surface area (Å²) < 4.78 is 6.21. The summed E-state index contributed by atoms with van der Waals surface area (Å²) in [6, 6.07) is 0.656. The first-order valence-corrected chi connectivity index (χ1v) is 8.47. The third-order valence-electron chi connectivity index (χ3n) is 4.62. The minimum Gasteiger partial charge on any atom is -0.372 e. The van der Waals surface area contributed by atoms with E-state index >= 15 is 0 Å². The van der Waals surface area contributed by atoms with E-state index in [0.29, 0.717) is 18.2 Å². The Hall–Kier alpha value is -0.160. The number of hydrogen-bond acceptors (Lipinski definition) is 4. The zero-order valence-electron chi connectivity index (χ0n) is 13.6.